The number of aromatic nitrogens is 2. The number of nitrogens with zero attached hydrogens (tertiary/aromatic N) is 3. The first-order valence-corrected chi connectivity index (χ1v) is 13.3. The summed E-state index contributed by atoms with van der Waals surface area (Å²) in [5.74, 6) is -0.438. The van der Waals surface area contributed by atoms with Crippen molar-refractivity contribution in [1.29, 1.82) is 0 Å². The molecule has 8 nitrogen and oxygen atoms in total. The Kier molecular flexibility index (Phi) is 7.71. The van der Waals surface area contributed by atoms with E-state index in [1.165, 1.54) is 30.5 Å². The molecule has 0 saturated carbocycles. The topological polar surface area (TPSA) is 94.6 Å². The summed E-state index contributed by atoms with van der Waals surface area (Å²) in [6.07, 6.45) is 4.64. The van der Waals surface area contributed by atoms with Crippen molar-refractivity contribution in [3.05, 3.63) is 71.7 Å². The van der Waals surface area contributed by atoms with E-state index < -0.39 is 15.7 Å². The molecule has 0 unspecified atom stereocenters. The Morgan fingerprint density at radius 1 is 1.23 bits per heavy atom. The molecule has 1 aliphatic heterocycles. The first-order valence-electron chi connectivity index (χ1n) is 11.7. The lowest BCUT2D eigenvalue weighted by atomic mass is 10.1. The summed E-state index contributed by atoms with van der Waals surface area (Å²) in [7, 11) is -3.85. The fourth-order valence-corrected chi connectivity index (χ4v) is 5.68. The highest BCUT2D eigenvalue weighted by atomic mass is 32.2. The van der Waals surface area contributed by atoms with Crippen molar-refractivity contribution in [1.82, 2.24) is 14.5 Å². The monoisotopic (exact) mass is 503 g/mol. The number of hydrogen-bond donors (Lipinski definition) is 0. The van der Waals surface area contributed by atoms with Crippen LogP contribution in [0.4, 0.5) is 4.39 Å². The van der Waals surface area contributed by atoms with Gasteiger partial charge in [0.1, 0.15) is 11.6 Å². The number of carbonyl (C=O) groups excluding carboxylic acids is 1. The van der Waals surface area contributed by atoms with Gasteiger partial charge in [0.25, 0.3) is 0 Å². The Morgan fingerprint density at radius 2 is 2.00 bits per heavy atom. The fourth-order valence-electron chi connectivity index (χ4n) is 4.18. The molecule has 2 aromatic heterocycles. The van der Waals surface area contributed by atoms with Crippen LogP contribution < -0.4 is 0 Å². The molecule has 1 amide bonds. The van der Waals surface area contributed by atoms with Crippen LogP contribution in [-0.4, -0.2) is 41.5 Å². The van der Waals surface area contributed by atoms with Crippen molar-refractivity contribution in [3.8, 4) is 0 Å². The van der Waals surface area contributed by atoms with Gasteiger partial charge in [-0.1, -0.05) is 26.0 Å². The standard InChI is InChI=1S/C25H30FN3O5S/c1-18(2)24(30)28(15-22-5-3-11-33-22)14-21-13-27-25(29(21)16-23-6-4-12-34-23)35(31,32)17-19-7-9-20(26)10-8-19/h3,5,7-11,13,18,23H,4,6,12,14-17H2,1-2H3/t23-/m1/s1. The Bertz CT molecular complexity index is 1230. The third kappa shape index (κ3) is 6.18. The van der Waals surface area contributed by atoms with Gasteiger partial charge in [-0.15, -0.1) is 0 Å². The molecule has 1 aliphatic rings. The lowest BCUT2D eigenvalue weighted by Crippen LogP contribution is -2.34. The number of imidazole rings is 1. The van der Waals surface area contributed by atoms with Gasteiger partial charge >= 0.3 is 0 Å². The highest BCUT2D eigenvalue weighted by Gasteiger charge is 2.29. The first-order chi connectivity index (χ1) is 16.7. The molecule has 0 aliphatic carbocycles. The molecule has 4 rings (SSSR count). The van der Waals surface area contributed by atoms with Crippen molar-refractivity contribution >= 4 is 15.7 Å². The Labute approximate surface area is 204 Å². The van der Waals surface area contributed by atoms with E-state index >= 15 is 0 Å². The minimum Gasteiger partial charge on any atom is -0.467 e. The summed E-state index contributed by atoms with van der Waals surface area (Å²) in [4.78, 5) is 18.9. The van der Waals surface area contributed by atoms with E-state index in [4.69, 9.17) is 9.15 Å². The molecule has 10 heteroatoms. The van der Waals surface area contributed by atoms with Gasteiger partial charge in [-0.2, -0.15) is 0 Å². The zero-order valence-corrected chi connectivity index (χ0v) is 20.7. The molecule has 1 saturated heterocycles. The van der Waals surface area contributed by atoms with Gasteiger partial charge in [-0.05, 0) is 42.7 Å². The number of rotatable bonds is 10. The Balaban J connectivity index is 1.66. The first kappa shape index (κ1) is 25.1. The second-order valence-electron chi connectivity index (χ2n) is 9.09. The third-order valence-electron chi connectivity index (χ3n) is 5.95. The predicted octanol–water partition coefficient (Wildman–Crippen LogP) is 3.95. The molecule has 0 spiro atoms. The Morgan fingerprint density at radius 3 is 2.63 bits per heavy atom. The fraction of sp³-hybridized carbons (Fsp3) is 0.440. The van der Waals surface area contributed by atoms with Crippen LogP contribution in [0.25, 0.3) is 0 Å². The molecule has 0 radical (unpaired) electrons. The van der Waals surface area contributed by atoms with Crippen LogP contribution in [0.2, 0.25) is 0 Å². The highest BCUT2D eigenvalue weighted by molar-refractivity contribution is 7.90. The van der Waals surface area contributed by atoms with Gasteiger partial charge < -0.3 is 18.6 Å². The molecule has 3 heterocycles. The smallest absolute Gasteiger partial charge is 0.228 e. The van der Waals surface area contributed by atoms with Gasteiger partial charge in [0, 0.05) is 12.5 Å². The number of benzene rings is 1. The molecule has 0 bridgehead atoms. The van der Waals surface area contributed by atoms with Crippen molar-refractivity contribution in [2.24, 2.45) is 5.92 Å². The van der Waals surface area contributed by atoms with Crippen LogP contribution in [0.5, 0.6) is 0 Å². The zero-order valence-electron chi connectivity index (χ0n) is 19.9. The Hall–Kier alpha value is -2.98. The second-order valence-corrected chi connectivity index (χ2v) is 11.0. The lowest BCUT2D eigenvalue weighted by Gasteiger charge is -2.25. The van der Waals surface area contributed by atoms with Gasteiger partial charge in [0.2, 0.25) is 20.9 Å². The maximum Gasteiger partial charge on any atom is 0.228 e. The largest absolute Gasteiger partial charge is 0.467 e. The van der Waals surface area contributed by atoms with Crippen molar-refractivity contribution in [2.75, 3.05) is 6.61 Å². The normalized spacial score (nSPS) is 16.2. The van der Waals surface area contributed by atoms with E-state index in [1.54, 1.807) is 27.9 Å². The number of ether oxygens (including phenoxy) is 1. The van der Waals surface area contributed by atoms with Crippen LogP contribution in [0.3, 0.4) is 0 Å². The van der Waals surface area contributed by atoms with E-state index in [1.807, 2.05) is 13.8 Å². The molecular weight excluding hydrogens is 473 g/mol. The minimum atomic E-state index is -3.85. The summed E-state index contributed by atoms with van der Waals surface area (Å²) in [5.41, 5.74) is 1.06. The van der Waals surface area contributed by atoms with Gasteiger partial charge in [0.15, 0.2) is 0 Å². The molecule has 3 aromatic rings. The second kappa shape index (κ2) is 10.7. The van der Waals surface area contributed by atoms with E-state index in [0.717, 1.165) is 12.8 Å². The average molecular weight is 504 g/mol. The SMILES string of the molecule is CC(C)C(=O)N(Cc1ccco1)Cc1cnc(S(=O)(=O)Cc2ccc(F)cc2)n1C[C@H]1CCCO1. The van der Waals surface area contributed by atoms with Gasteiger partial charge in [-0.3, -0.25) is 4.79 Å². The molecule has 0 N–H and O–H groups in total. The maximum absolute atomic E-state index is 13.4. The number of carbonyl (C=O) groups is 1. The van der Waals surface area contributed by atoms with E-state index in [-0.39, 0.29) is 41.9 Å². The maximum atomic E-state index is 13.4. The molecule has 1 fully saturated rings. The third-order valence-corrected chi connectivity index (χ3v) is 7.54. The van der Waals surface area contributed by atoms with Crippen LogP contribution in [0, 0.1) is 11.7 Å². The van der Waals surface area contributed by atoms with Crippen molar-refractivity contribution in [2.45, 2.75) is 63.3 Å². The molecule has 35 heavy (non-hydrogen) atoms. The van der Waals surface area contributed by atoms with Crippen LogP contribution in [-0.2, 0) is 44.8 Å². The minimum absolute atomic E-state index is 0.0812. The van der Waals surface area contributed by atoms with Crippen LogP contribution in [0.1, 0.15) is 43.7 Å². The van der Waals surface area contributed by atoms with Crippen LogP contribution in [0.15, 0.2) is 58.4 Å². The lowest BCUT2D eigenvalue weighted by molar-refractivity contribution is -0.136. The van der Waals surface area contributed by atoms with Crippen molar-refractivity contribution in [3.63, 3.8) is 0 Å². The highest BCUT2D eigenvalue weighted by Crippen LogP contribution is 2.23. The molecule has 1 atom stereocenters. The predicted molar refractivity (Wildman–Crippen MR) is 126 cm³/mol. The summed E-state index contributed by atoms with van der Waals surface area (Å²) in [5, 5.41) is -0.0812. The van der Waals surface area contributed by atoms with Crippen LogP contribution >= 0.6 is 0 Å². The summed E-state index contributed by atoms with van der Waals surface area (Å²) in [6, 6.07) is 8.93. The molecule has 188 valence electrons. The number of amides is 1. The van der Waals surface area contributed by atoms with Gasteiger partial charge in [0.05, 0.1) is 49.6 Å². The summed E-state index contributed by atoms with van der Waals surface area (Å²) in [6.45, 7) is 5.01. The number of sulfone groups is 1. The molecule has 1 aromatic carbocycles. The molecular formula is C25H30FN3O5S. The van der Waals surface area contributed by atoms with Gasteiger partial charge in [-0.25, -0.2) is 17.8 Å². The number of hydrogen-bond acceptors (Lipinski definition) is 6. The summed E-state index contributed by atoms with van der Waals surface area (Å²) >= 11 is 0. The summed E-state index contributed by atoms with van der Waals surface area (Å²) < 4.78 is 52.9. The number of halogens is 1. The van der Waals surface area contributed by atoms with E-state index in [0.29, 0.717) is 30.2 Å². The average Bonchev–Trinajstić information content (AvgIpc) is 3.58. The quantitative estimate of drug-likeness (QED) is 0.416. The zero-order chi connectivity index (χ0) is 25.0. The van der Waals surface area contributed by atoms with Crippen molar-refractivity contribution < 1.29 is 26.8 Å². The van der Waals surface area contributed by atoms with E-state index in [2.05, 4.69) is 4.98 Å². The van der Waals surface area contributed by atoms with E-state index in [9.17, 15) is 17.6 Å². The number of furan rings is 1.